The molecule has 1 amide bonds. The first-order valence-corrected chi connectivity index (χ1v) is 10.1. The Bertz CT molecular complexity index is 887. The second-order valence-electron chi connectivity index (χ2n) is 6.48. The lowest BCUT2D eigenvalue weighted by atomic mass is 9.95. The number of amides is 1. The summed E-state index contributed by atoms with van der Waals surface area (Å²) in [7, 11) is 1.20. The first kappa shape index (κ1) is 23.4. The normalized spacial score (nSPS) is 14.9. The van der Waals surface area contributed by atoms with E-state index in [1.165, 1.54) is 7.05 Å². The number of aliphatic hydroxyl groups excluding tert-OH is 2. The van der Waals surface area contributed by atoms with Gasteiger partial charge in [0, 0.05) is 25.9 Å². The number of aromatic nitrogens is 2. The fourth-order valence-electron chi connectivity index (χ4n) is 2.68. The fourth-order valence-corrected chi connectivity index (χ4v) is 2.89. The van der Waals surface area contributed by atoms with Crippen molar-refractivity contribution in [1.29, 1.82) is 5.26 Å². The average molecular weight is 436 g/mol. The van der Waals surface area contributed by atoms with E-state index in [9.17, 15) is 23.8 Å². The lowest BCUT2D eigenvalue weighted by molar-refractivity contribution is -0.00792. The Morgan fingerprint density at radius 1 is 1.43 bits per heavy atom. The number of carbonyl (C=O) groups is 1. The molecule has 2 rings (SSSR count). The Morgan fingerprint density at radius 3 is 2.77 bits per heavy atom. The highest BCUT2D eigenvalue weighted by atomic mass is 32.2. The van der Waals surface area contributed by atoms with Gasteiger partial charge in [-0.25, -0.2) is 0 Å². The molecular weight excluding hydrogens is 414 g/mol. The van der Waals surface area contributed by atoms with Gasteiger partial charge in [0.15, 0.2) is 5.69 Å². The zero-order valence-corrected chi connectivity index (χ0v) is 17.0. The Morgan fingerprint density at radius 2 is 2.13 bits per heavy atom. The Hall–Kier alpha value is -2.85. The standard InChI is InChI=1S/C18H23N5O6S/c1-23(30(27)28)18-22-14(11-29-18)17(26)21-13(10-12-5-8-20-9-6-12)16(25)15(24)4-2-3-7-19/h5-6,8-9,11,13,15-16,24-25H,2-4,10H2,1H3,(H,21,26)(H,27,28)/p-1. The summed E-state index contributed by atoms with van der Waals surface area (Å²) in [5.74, 6) is -0.711. The van der Waals surface area contributed by atoms with Gasteiger partial charge in [-0.3, -0.25) is 18.3 Å². The first-order valence-electron chi connectivity index (χ1n) is 9.05. The van der Waals surface area contributed by atoms with Gasteiger partial charge < -0.3 is 24.5 Å². The molecular formula is C18H22N5O6S-. The number of hydrogen-bond acceptors (Lipinski definition) is 9. The van der Waals surface area contributed by atoms with Crippen LogP contribution >= 0.6 is 0 Å². The number of pyridine rings is 1. The summed E-state index contributed by atoms with van der Waals surface area (Å²) >= 11 is -2.62. The minimum absolute atomic E-state index is 0.186. The number of unbranched alkanes of at least 4 members (excludes halogenated alkanes) is 1. The molecule has 0 aliphatic heterocycles. The first-order chi connectivity index (χ1) is 14.3. The quantitative estimate of drug-likeness (QED) is 0.325. The zero-order valence-electron chi connectivity index (χ0n) is 16.2. The molecule has 0 fully saturated rings. The van der Waals surface area contributed by atoms with Crippen molar-refractivity contribution in [1.82, 2.24) is 15.3 Å². The van der Waals surface area contributed by atoms with Crippen LogP contribution in [0.25, 0.3) is 0 Å². The SMILES string of the molecule is CN(c1nc(C(=O)NC(Cc2ccncc2)C(O)C(O)CCCC#N)co1)S(=O)[O-]. The van der Waals surface area contributed by atoms with Crippen molar-refractivity contribution >= 4 is 23.2 Å². The maximum Gasteiger partial charge on any atom is 0.309 e. The maximum atomic E-state index is 12.6. The van der Waals surface area contributed by atoms with E-state index >= 15 is 0 Å². The largest absolute Gasteiger partial charge is 0.755 e. The van der Waals surface area contributed by atoms with Crippen LogP contribution in [0, 0.1) is 11.3 Å². The summed E-state index contributed by atoms with van der Waals surface area (Å²) < 4.78 is 27.6. The highest BCUT2D eigenvalue weighted by Gasteiger charge is 2.29. The van der Waals surface area contributed by atoms with Crippen LogP contribution in [0.3, 0.4) is 0 Å². The third kappa shape index (κ3) is 6.60. The number of anilines is 1. The number of nitrogens with zero attached hydrogens (tertiary/aromatic N) is 4. The van der Waals surface area contributed by atoms with Crippen LogP contribution in [0.1, 0.15) is 35.3 Å². The van der Waals surface area contributed by atoms with Gasteiger partial charge in [-0.15, -0.1) is 0 Å². The minimum atomic E-state index is -2.62. The Balaban J connectivity index is 2.14. The molecule has 2 aromatic heterocycles. The Labute approximate surface area is 175 Å². The molecule has 0 aromatic carbocycles. The molecule has 11 nitrogen and oxygen atoms in total. The molecule has 0 bridgehead atoms. The van der Waals surface area contributed by atoms with Crippen LogP contribution in [0.2, 0.25) is 0 Å². The Kier molecular flexibility index (Phi) is 8.88. The van der Waals surface area contributed by atoms with E-state index in [4.69, 9.17) is 9.68 Å². The topological polar surface area (TPSA) is 176 Å². The van der Waals surface area contributed by atoms with E-state index < -0.39 is 35.4 Å². The zero-order chi connectivity index (χ0) is 22.1. The van der Waals surface area contributed by atoms with Crippen LogP contribution < -0.4 is 9.62 Å². The van der Waals surface area contributed by atoms with Crippen molar-refractivity contribution in [3.8, 4) is 6.07 Å². The molecule has 0 spiro atoms. The molecule has 3 N–H and O–H groups in total. The molecule has 0 saturated carbocycles. The van der Waals surface area contributed by atoms with Gasteiger partial charge in [-0.05, 0) is 37.0 Å². The number of carbonyl (C=O) groups excluding carboxylic acids is 1. The highest BCUT2D eigenvalue weighted by Crippen LogP contribution is 2.16. The minimum Gasteiger partial charge on any atom is -0.755 e. The molecule has 162 valence electrons. The van der Waals surface area contributed by atoms with Gasteiger partial charge in [0.05, 0.1) is 29.5 Å². The van der Waals surface area contributed by atoms with Crippen LogP contribution in [0.15, 0.2) is 35.2 Å². The average Bonchev–Trinajstić information content (AvgIpc) is 3.23. The van der Waals surface area contributed by atoms with Crippen molar-refractivity contribution in [2.24, 2.45) is 0 Å². The molecule has 30 heavy (non-hydrogen) atoms. The van der Waals surface area contributed by atoms with Gasteiger partial charge in [-0.2, -0.15) is 10.2 Å². The molecule has 2 heterocycles. The van der Waals surface area contributed by atoms with E-state index in [1.54, 1.807) is 24.5 Å². The highest BCUT2D eigenvalue weighted by molar-refractivity contribution is 7.80. The van der Waals surface area contributed by atoms with Crippen molar-refractivity contribution in [2.45, 2.75) is 43.9 Å². The van der Waals surface area contributed by atoms with E-state index in [0.29, 0.717) is 10.7 Å². The van der Waals surface area contributed by atoms with Gasteiger partial charge >= 0.3 is 6.01 Å². The number of rotatable bonds is 11. The molecule has 0 radical (unpaired) electrons. The van der Waals surface area contributed by atoms with Crippen molar-refractivity contribution in [3.63, 3.8) is 0 Å². The molecule has 0 aliphatic carbocycles. The predicted octanol–water partition coefficient (Wildman–Crippen LogP) is 0.0567. The summed E-state index contributed by atoms with van der Waals surface area (Å²) in [4.78, 5) is 20.3. The maximum absolute atomic E-state index is 12.6. The summed E-state index contributed by atoms with van der Waals surface area (Å²) in [6.07, 6.45) is 2.66. The van der Waals surface area contributed by atoms with E-state index in [-0.39, 0.29) is 31.0 Å². The number of hydrogen-bond donors (Lipinski definition) is 3. The number of nitriles is 1. The number of nitrogens with one attached hydrogen (secondary N) is 1. The fraction of sp³-hybridized carbons (Fsp3) is 0.444. The van der Waals surface area contributed by atoms with Crippen molar-refractivity contribution in [2.75, 3.05) is 11.4 Å². The van der Waals surface area contributed by atoms with Crippen molar-refractivity contribution in [3.05, 3.63) is 42.0 Å². The molecule has 4 unspecified atom stereocenters. The van der Waals surface area contributed by atoms with Gasteiger partial charge in [-0.1, -0.05) is 0 Å². The second kappa shape index (κ2) is 11.4. The monoisotopic (exact) mass is 436 g/mol. The smallest absolute Gasteiger partial charge is 0.309 e. The lowest BCUT2D eigenvalue weighted by Crippen LogP contribution is -2.50. The van der Waals surface area contributed by atoms with Crippen molar-refractivity contribution < 1.29 is 28.2 Å². The molecule has 0 saturated heterocycles. The third-order valence-corrected chi connectivity index (χ3v) is 4.94. The van der Waals surface area contributed by atoms with Crippen LogP contribution in [-0.4, -0.2) is 60.1 Å². The van der Waals surface area contributed by atoms with Crippen LogP contribution in [0.5, 0.6) is 0 Å². The van der Waals surface area contributed by atoms with Crippen LogP contribution in [-0.2, 0) is 17.7 Å². The van der Waals surface area contributed by atoms with Gasteiger partial charge in [0.2, 0.25) is 0 Å². The second-order valence-corrected chi connectivity index (χ2v) is 7.46. The third-order valence-electron chi connectivity index (χ3n) is 4.33. The predicted molar refractivity (Wildman–Crippen MR) is 104 cm³/mol. The summed E-state index contributed by atoms with van der Waals surface area (Å²) in [6.45, 7) is 0. The van der Waals surface area contributed by atoms with E-state index in [2.05, 4.69) is 15.3 Å². The number of oxazole rings is 1. The van der Waals surface area contributed by atoms with Crippen LogP contribution in [0.4, 0.5) is 6.01 Å². The lowest BCUT2D eigenvalue weighted by Gasteiger charge is -2.27. The summed E-state index contributed by atoms with van der Waals surface area (Å²) in [5, 5.41) is 32.1. The number of aliphatic hydroxyl groups is 2. The molecule has 12 heteroatoms. The van der Waals surface area contributed by atoms with E-state index in [1.807, 2.05) is 6.07 Å². The van der Waals surface area contributed by atoms with Gasteiger partial charge in [0.1, 0.15) is 12.4 Å². The summed E-state index contributed by atoms with van der Waals surface area (Å²) in [6, 6.07) is 4.21. The molecule has 4 atom stereocenters. The summed E-state index contributed by atoms with van der Waals surface area (Å²) in [5.41, 5.74) is 0.578. The molecule has 2 aromatic rings. The van der Waals surface area contributed by atoms with Gasteiger partial charge in [0.25, 0.3) is 5.91 Å². The van der Waals surface area contributed by atoms with E-state index in [0.717, 1.165) is 11.8 Å². The molecule has 0 aliphatic rings.